The molecule has 1 N–H and O–H groups in total. The highest BCUT2D eigenvalue weighted by molar-refractivity contribution is 8.18. The van der Waals surface area contributed by atoms with Crippen LogP contribution in [-0.4, -0.2) is 35.6 Å². The van der Waals surface area contributed by atoms with Gasteiger partial charge in [-0.2, -0.15) is 0 Å². The molecule has 0 spiro atoms. The zero-order valence-electron chi connectivity index (χ0n) is 14.9. The number of ether oxygens (including phenoxy) is 1. The van der Waals surface area contributed by atoms with Crippen molar-refractivity contribution in [2.75, 3.05) is 13.7 Å². The van der Waals surface area contributed by atoms with Crippen molar-refractivity contribution < 1.29 is 19.1 Å². The van der Waals surface area contributed by atoms with Crippen LogP contribution in [0.25, 0.3) is 6.08 Å². The number of carbonyl (C=O) groups is 3. The molecule has 0 radical (unpaired) electrons. The third-order valence-corrected chi connectivity index (χ3v) is 5.71. The summed E-state index contributed by atoms with van der Waals surface area (Å²) >= 11 is 2.40. The fraction of sp³-hybridized carbons (Fsp3) is 0.211. The molecule has 1 saturated heterocycles. The van der Waals surface area contributed by atoms with Gasteiger partial charge in [0.2, 0.25) is 5.91 Å². The van der Waals surface area contributed by atoms with Gasteiger partial charge in [-0.25, -0.2) is 0 Å². The van der Waals surface area contributed by atoms with Crippen LogP contribution in [0.1, 0.15) is 15.3 Å². The van der Waals surface area contributed by atoms with E-state index in [0.717, 1.165) is 37.7 Å². The molecule has 8 heteroatoms. The molecule has 0 bridgehead atoms. The number of benzene rings is 1. The van der Waals surface area contributed by atoms with E-state index in [2.05, 4.69) is 5.32 Å². The summed E-state index contributed by atoms with van der Waals surface area (Å²) < 4.78 is 5.09. The van der Waals surface area contributed by atoms with E-state index in [9.17, 15) is 14.4 Å². The highest BCUT2D eigenvalue weighted by atomic mass is 32.2. The van der Waals surface area contributed by atoms with Crippen LogP contribution < -0.4 is 10.1 Å². The third kappa shape index (κ3) is 4.78. The van der Waals surface area contributed by atoms with E-state index in [1.807, 2.05) is 31.2 Å². The first-order valence-electron chi connectivity index (χ1n) is 8.17. The zero-order valence-corrected chi connectivity index (χ0v) is 16.5. The van der Waals surface area contributed by atoms with Gasteiger partial charge < -0.3 is 10.1 Å². The van der Waals surface area contributed by atoms with Gasteiger partial charge in [0.25, 0.3) is 11.1 Å². The monoisotopic (exact) mass is 402 g/mol. The van der Waals surface area contributed by atoms with Gasteiger partial charge >= 0.3 is 0 Å². The van der Waals surface area contributed by atoms with Crippen molar-refractivity contribution in [3.63, 3.8) is 0 Å². The lowest BCUT2D eigenvalue weighted by Crippen LogP contribution is -2.39. The average Bonchev–Trinajstić information content (AvgIpc) is 3.18. The fourth-order valence-electron chi connectivity index (χ4n) is 2.44. The minimum atomic E-state index is -0.435. The lowest BCUT2D eigenvalue weighted by Gasteiger charge is -2.12. The van der Waals surface area contributed by atoms with E-state index in [-0.39, 0.29) is 12.5 Å². The van der Waals surface area contributed by atoms with Crippen LogP contribution >= 0.6 is 23.1 Å². The van der Waals surface area contributed by atoms with Crippen LogP contribution in [0.3, 0.4) is 0 Å². The van der Waals surface area contributed by atoms with Gasteiger partial charge in [-0.05, 0) is 54.6 Å². The lowest BCUT2D eigenvalue weighted by atomic mass is 10.2. The molecular weight excluding hydrogens is 384 g/mol. The number of nitrogens with one attached hydrogen (secondary N) is 1. The molecule has 27 heavy (non-hydrogen) atoms. The predicted molar refractivity (Wildman–Crippen MR) is 107 cm³/mol. The summed E-state index contributed by atoms with van der Waals surface area (Å²) in [4.78, 5) is 40.0. The Morgan fingerprint density at radius 2 is 1.93 bits per heavy atom. The second-order valence-electron chi connectivity index (χ2n) is 5.84. The largest absolute Gasteiger partial charge is 0.497 e. The van der Waals surface area contributed by atoms with Gasteiger partial charge in [0, 0.05) is 16.3 Å². The maximum absolute atomic E-state index is 12.4. The number of amides is 3. The number of methoxy groups -OCH3 is 1. The summed E-state index contributed by atoms with van der Waals surface area (Å²) in [6, 6.07) is 11.1. The molecule has 1 aromatic carbocycles. The standard InChI is InChI=1S/C19H18N2O4S2/c1-12-3-8-15(26-12)9-16-18(23)21(19(24)27-16)11-17(22)20-10-13-4-6-14(25-2)7-5-13/h3-9H,10-11H2,1-2H3,(H,20,22)/b16-9-. The van der Waals surface area contributed by atoms with Gasteiger partial charge in [0.05, 0.1) is 12.0 Å². The van der Waals surface area contributed by atoms with E-state index >= 15 is 0 Å². The number of rotatable bonds is 6. The Kier molecular flexibility index (Phi) is 5.98. The molecule has 2 heterocycles. The predicted octanol–water partition coefficient (Wildman–Crippen LogP) is 3.42. The molecule has 0 atom stereocenters. The molecule has 1 aliphatic heterocycles. The van der Waals surface area contributed by atoms with Crippen LogP contribution in [0.4, 0.5) is 4.79 Å². The van der Waals surface area contributed by atoms with Crippen molar-refractivity contribution in [3.05, 3.63) is 56.6 Å². The van der Waals surface area contributed by atoms with Gasteiger partial charge in [0.1, 0.15) is 12.3 Å². The molecule has 6 nitrogen and oxygen atoms in total. The van der Waals surface area contributed by atoms with Crippen molar-refractivity contribution in [2.24, 2.45) is 0 Å². The highest BCUT2D eigenvalue weighted by Gasteiger charge is 2.36. The van der Waals surface area contributed by atoms with Crippen molar-refractivity contribution in [1.82, 2.24) is 10.2 Å². The Balaban J connectivity index is 1.57. The van der Waals surface area contributed by atoms with Crippen LogP contribution in [0.5, 0.6) is 5.75 Å². The number of thioether (sulfide) groups is 1. The Morgan fingerprint density at radius 3 is 2.56 bits per heavy atom. The Hall–Kier alpha value is -2.58. The molecule has 2 aromatic rings. The molecule has 0 unspecified atom stereocenters. The molecule has 140 valence electrons. The Labute approximate surface area is 165 Å². The molecule has 0 aliphatic carbocycles. The van der Waals surface area contributed by atoms with E-state index in [1.54, 1.807) is 36.7 Å². The molecule has 1 aromatic heterocycles. The fourth-order valence-corrected chi connectivity index (χ4v) is 4.16. The van der Waals surface area contributed by atoms with E-state index in [1.165, 1.54) is 0 Å². The van der Waals surface area contributed by atoms with Crippen LogP contribution in [0.15, 0.2) is 41.3 Å². The van der Waals surface area contributed by atoms with Crippen molar-refractivity contribution >= 4 is 46.2 Å². The molecule has 1 aliphatic rings. The number of carbonyl (C=O) groups excluding carboxylic acids is 3. The van der Waals surface area contributed by atoms with Crippen molar-refractivity contribution in [2.45, 2.75) is 13.5 Å². The number of nitrogens with zero attached hydrogens (tertiary/aromatic N) is 1. The van der Waals surface area contributed by atoms with Crippen LogP contribution in [0.2, 0.25) is 0 Å². The summed E-state index contributed by atoms with van der Waals surface area (Å²) in [6.45, 7) is 1.99. The first-order chi connectivity index (χ1) is 13.0. The number of thiophene rings is 1. The second-order valence-corrected chi connectivity index (χ2v) is 8.15. The van der Waals surface area contributed by atoms with Crippen molar-refractivity contribution in [1.29, 1.82) is 0 Å². The summed E-state index contributed by atoms with van der Waals surface area (Å²) in [7, 11) is 1.58. The molecule has 3 amide bonds. The van der Waals surface area contributed by atoms with Crippen LogP contribution in [-0.2, 0) is 16.1 Å². The summed E-state index contributed by atoms with van der Waals surface area (Å²) in [5.41, 5.74) is 0.895. The topological polar surface area (TPSA) is 75.7 Å². The minimum Gasteiger partial charge on any atom is -0.497 e. The zero-order chi connectivity index (χ0) is 19.4. The summed E-state index contributed by atoms with van der Waals surface area (Å²) in [5.74, 6) is -0.0902. The SMILES string of the molecule is COc1ccc(CNC(=O)CN2C(=O)S/C(=C\c3ccc(C)s3)C2=O)cc1. The second kappa shape index (κ2) is 8.41. The van der Waals surface area contributed by atoms with Gasteiger partial charge in [0.15, 0.2) is 0 Å². The maximum Gasteiger partial charge on any atom is 0.294 e. The van der Waals surface area contributed by atoms with E-state index in [0.29, 0.717) is 11.4 Å². The molecular formula is C19H18N2O4S2. The Bertz CT molecular complexity index is 903. The molecule has 0 saturated carbocycles. The molecule has 3 rings (SSSR count). The number of hydrogen-bond acceptors (Lipinski definition) is 6. The van der Waals surface area contributed by atoms with E-state index in [4.69, 9.17) is 4.74 Å². The highest BCUT2D eigenvalue weighted by Crippen LogP contribution is 2.33. The smallest absolute Gasteiger partial charge is 0.294 e. The Morgan fingerprint density at radius 1 is 1.19 bits per heavy atom. The third-order valence-electron chi connectivity index (χ3n) is 3.86. The lowest BCUT2D eigenvalue weighted by molar-refractivity contribution is -0.129. The average molecular weight is 402 g/mol. The molecule has 1 fully saturated rings. The quantitative estimate of drug-likeness (QED) is 0.750. The number of aryl methyl sites for hydroxylation is 1. The van der Waals surface area contributed by atoms with Crippen LogP contribution in [0, 0.1) is 6.92 Å². The van der Waals surface area contributed by atoms with Gasteiger partial charge in [-0.1, -0.05) is 12.1 Å². The minimum absolute atomic E-state index is 0.290. The number of hydrogen-bond donors (Lipinski definition) is 1. The van der Waals surface area contributed by atoms with E-state index < -0.39 is 11.1 Å². The maximum atomic E-state index is 12.4. The first kappa shape index (κ1) is 19.2. The van der Waals surface area contributed by atoms with Gasteiger partial charge in [-0.3, -0.25) is 19.3 Å². The van der Waals surface area contributed by atoms with Gasteiger partial charge in [-0.15, -0.1) is 11.3 Å². The number of imide groups is 1. The first-order valence-corrected chi connectivity index (χ1v) is 9.81. The summed E-state index contributed by atoms with van der Waals surface area (Å²) in [5, 5.41) is 2.29. The van der Waals surface area contributed by atoms with Crippen molar-refractivity contribution in [3.8, 4) is 5.75 Å². The summed E-state index contributed by atoms with van der Waals surface area (Å²) in [6.07, 6.45) is 1.69. The normalized spacial score (nSPS) is 15.5.